The Morgan fingerprint density at radius 1 is 0.527 bits per heavy atom. The van der Waals surface area contributed by atoms with Gasteiger partial charge in [0.2, 0.25) is 13.6 Å². The normalized spacial score (nSPS) is 26.3. The standard InChI is InChI=1S/C46H50N4O13S.C45H51N3O14S.2CH4/c1-10-57-43(53)62-38-22(3)39-40(60-20-59-39)32-28-18-58-42(52)46(25-16-29(55-8)30(15-23(25)11-12-48-46)61-44(54)63-45(4,5)6)19-64-41(33(32)38)35-34-31-24(13-21(2)37(56-9)36(31)51)14-26(49(34)7)27(17-47)50(28)35;1-10-56-42(52)61-36-21(3)37-38(59-19-58-37)30-26-17-57-41(51)45(24-16-27(54-8)28(15-22(24)11-12-46-45)60-43(53)62-44(4,5)6)18-63-39(31(30)36)33-32-29-23(13-20(2)35(55-9)34(29)49)14-25(47(32)7)40(50)48(26)33;;/h10,13,15-16,26-28,34-35,41,48,51H,1,11-12,14,18-20H2,2-9H3;10,13,15-16,25-26,32-33,39-40,46,49-50H,1,11-12,14,17-19H2,2-9H3;2*1H4/t26-,27-,28-,34+,35?,41+,46+;25-,26-,32+,33?,39+,40-,45+;;/m00../s1. The third kappa shape index (κ3) is 15.1. The maximum absolute atomic E-state index is 15.1. The number of rotatable bonds is 10. The number of aliphatic hydroxyl groups excluding tert-OH is 1. The summed E-state index contributed by atoms with van der Waals surface area (Å²) in [6.07, 6.45) is -1.26. The van der Waals surface area contributed by atoms with Crippen molar-refractivity contribution in [1.82, 2.24) is 30.2 Å². The Labute approximate surface area is 755 Å². The first-order valence-corrected chi connectivity index (χ1v) is 43.8. The Hall–Kier alpha value is -11.3. The van der Waals surface area contributed by atoms with E-state index in [1.165, 1.54) is 52.0 Å². The first-order valence-electron chi connectivity index (χ1n) is 41.7. The second-order valence-corrected chi connectivity index (χ2v) is 37.5. The van der Waals surface area contributed by atoms with Crippen molar-refractivity contribution in [2.24, 2.45) is 0 Å². The Morgan fingerprint density at radius 2 is 0.930 bits per heavy atom. The van der Waals surface area contributed by atoms with Gasteiger partial charge in [0.15, 0.2) is 80.1 Å². The van der Waals surface area contributed by atoms with E-state index in [-0.39, 0.29) is 105 Å². The van der Waals surface area contributed by atoms with Crippen molar-refractivity contribution in [3.63, 3.8) is 0 Å². The number of aromatic hydroxyl groups is 2. The molecule has 129 heavy (non-hydrogen) atoms. The molecule has 14 atom stereocenters. The highest BCUT2D eigenvalue weighted by Gasteiger charge is 2.65. The van der Waals surface area contributed by atoms with Crippen LogP contribution < -0.4 is 67.5 Å². The van der Waals surface area contributed by atoms with Crippen LogP contribution in [0.1, 0.15) is 180 Å². The number of hydrogen-bond acceptors (Lipinski definition) is 36. The van der Waals surface area contributed by atoms with E-state index in [1.54, 1.807) is 79.7 Å². The Balaban J connectivity index is 0.000000195. The van der Waals surface area contributed by atoms with E-state index in [2.05, 4.69) is 44.6 Å². The quantitative estimate of drug-likeness (QED) is 0.0368. The maximum atomic E-state index is 15.1. The van der Waals surface area contributed by atoms with Crippen LogP contribution in [0.2, 0.25) is 0 Å². The summed E-state index contributed by atoms with van der Waals surface area (Å²) in [5.41, 5.74) is 5.66. The van der Waals surface area contributed by atoms with Crippen LogP contribution in [0.25, 0.3) is 0 Å². The van der Waals surface area contributed by atoms with Crippen LogP contribution in [0.15, 0.2) is 62.1 Å². The fourth-order valence-corrected chi connectivity index (χ4v) is 24.5. The van der Waals surface area contributed by atoms with Gasteiger partial charge in [-0.25, -0.2) is 28.8 Å². The predicted molar refractivity (Wildman–Crippen MR) is 468 cm³/mol. The molecule has 0 aromatic heterocycles. The molecule has 8 bridgehead atoms. The lowest BCUT2D eigenvalue weighted by atomic mass is 9.71. The summed E-state index contributed by atoms with van der Waals surface area (Å²) in [6.45, 7) is 24.6. The molecule has 14 heterocycles. The highest BCUT2D eigenvalue weighted by molar-refractivity contribution is 7.99. The van der Waals surface area contributed by atoms with Gasteiger partial charge < -0.3 is 101 Å². The summed E-state index contributed by atoms with van der Waals surface area (Å²) in [6, 6.07) is 7.63. The van der Waals surface area contributed by atoms with Gasteiger partial charge in [0, 0.05) is 87.2 Å². The van der Waals surface area contributed by atoms with Crippen LogP contribution >= 0.6 is 23.5 Å². The van der Waals surface area contributed by atoms with Crippen LogP contribution in [0.5, 0.6) is 80.5 Å². The van der Waals surface area contributed by atoms with Gasteiger partial charge in [-0.1, -0.05) is 40.1 Å². The van der Waals surface area contributed by atoms with E-state index >= 15 is 9.59 Å². The third-order valence-electron chi connectivity index (χ3n) is 26.1. The maximum Gasteiger partial charge on any atom is 0.518 e. The summed E-state index contributed by atoms with van der Waals surface area (Å²) in [4.78, 5) is 90.8. The number of aryl methyl sites for hydroxylation is 2. The van der Waals surface area contributed by atoms with Gasteiger partial charge in [-0.15, -0.1) is 23.5 Å². The van der Waals surface area contributed by atoms with Crippen molar-refractivity contribution in [3.05, 3.63) is 151 Å². The molecule has 0 radical (unpaired) electrons. The summed E-state index contributed by atoms with van der Waals surface area (Å²) >= 11 is 2.80. The zero-order valence-corrected chi connectivity index (χ0v) is 74.8. The molecule has 20 rings (SSSR count). The molecule has 6 aromatic carbocycles. The number of esters is 2. The van der Waals surface area contributed by atoms with Crippen LogP contribution in [-0.2, 0) is 74.8 Å². The molecule has 14 aliphatic rings. The molecule has 6 aromatic rings. The molecular formula is C93H109N7O27S2. The van der Waals surface area contributed by atoms with Crippen LogP contribution in [0.4, 0.5) is 19.2 Å². The summed E-state index contributed by atoms with van der Waals surface area (Å²) < 4.78 is 105. The smallest absolute Gasteiger partial charge is 0.504 e. The van der Waals surface area contributed by atoms with Crippen molar-refractivity contribution >= 4 is 60.1 Å². The molecule has 14 aliphatic heterocycles. The number of benzene rings is 6. The molecule has 4 saturated heterocycles. The molecule has 2 unspecified atom stereocenters. The van der Waals surface area contributed by atoms with Gasteiger partial charge in [-0.05, 0) is 178 Å². The van der Waals surface area contributed by atoms with E-state index in [4.69, 9.17) is 85.3 Å². The number of carbonyl (C=O) groups excluding carboxylic acids is 6. The fraction of sp³-hybridized carbons (Fsp3) is 0.495. The van der Waals surface area contributed by atoms with Crippen molar-refractivity contribution in [3.8, 4) is 86.6 Å². The predicted octanol–water partition coefficient (Wildman–Crippen LogP) is 13.4. The van der Waals surface area contributed by atoms with E-state index in [0.29, 0.717) is 134 Å². The molecule has 0 amide bonds. The van der Waals surface area contributed by atoms with Crippen molar-refractivity contribution < 1.29 is 129 Å². The number of ether oxygens (including phenoxy) is 18. The topological polar surface area (TPSA) is 390 Å². The van der Waals surface area contributed by atoms with E-state index in [1.807, 2.05) is 45.0 Å². The van der Waals surface area contributed by atoms with Gasteiger partial charge in [0.25, 0.3) is 0 Å². The van der Waals surface area contributed by atoms with Crippen LogP contribution in [0, 0.1) is 39.0 Å². The lowest BCUT2D eigenvalue weighted by molar-refractivity contribution is -0.186. The number of likely N-dealkylation sites (N-methyl/N-ethyl adjacent to an activating group) is 2. The van der Waals surface area contributed by atoms with E-state index < -0.39 is 124 Å². The SMILES string of the molecule is C.C.C=COC(=O)Oc1c(C)c2c(c3c1[C@H]1SC[C@]4(NCCc5cc(OC(=O)OC(C)(C)C)c(OC)cc54)C(=O)OC[C@@H]3N3C1[C@H]1c4c(cc(C)c(OC)c4O)C[C@@H]([C@@H]3C#N)N1C)OCO2.C=COC(=O)Oc1c(C)c2c(c3c1[C@H]1SC[C@]4(NCCc5cc(OC(=O)OC(C)(C)C)c(OC)cc54)C(=O)OC[C@@H]3N3C1[C@H]1c4c(cc(C)c(OC)c4O)C[C@@H]([C@@H]3O)N1C)OCO2. The fourth-order valence-electron chi connectivity index (χ4n) is 21.1. The average Bonchev–Trinajstić information content (AvgIpc) is 1.56. The first-order chi connectivity index (χ1) is 60.6. The third-order valence-corrected chi connectivity index (χ3v) is 29.0. The lowest BCUT2D eigenvalue weighted by Gasteiger charge is -2.62. The number of phenolic OH excluding ortho intramolecular Hbond substituents is 2. The molecule has 0 aliphatic carbocycles. The minimum absolute atomic E-state index is 0. The second kappa shape index (κ2) is 34.9. The minimum Gasteiger partial charge on any atom is -0.504 e. The Kier molecular flexibility index (Phi) is 25.0. The Bertz CT molecular complexity index is 5650. The van der Waals surface area contributed by atoms with Crippen LogP contribution in [0.3, 0.4) is 0 Å². The molecule has 4 fully saturated rings. The number of piperazine rings is 2. The lowest BCUT2D eigenvalue weighted by Crippen LogP contribution is -2.70. The molecular weight excluding hydrogens is 1710 g/mol. The van der Waals surface area contributed by atoms with Gasteiger partial charge in [-0.2, -0.15) is 5.26 Å². The number of phenols is 2. The number of fused-ring (bicyclic) bond motifs is 18. The number of nitriles is 1. The molecule has 690 valence electrons. The van der Waals surface area contributed by atoms with Gasteiger partial charge in [-0.3, -0.25) is 30.2 Å². The number of nitrogens with one attached hydrogen (secondary N) is 2. The minimum atomic E-state index is -1.49. The van der Waals surface area contributed by atoms with Gasteiger partial charge in [0.05, 0.1) is 87.7 Å². The summed E-state index contributed by atoms with van der Waals surface area (Å²) in [5.74, 6) is 2.02. The molecule has 34 nitrogen and oxygen atoms in total. The molecule has 5 N–H and O–H groups in total. The number of carbonyl (C=O) groups is 6. The number of nitrogens with zero attached hydrogens (tertiary/aromatic N) is 5. The Morgan fingerprint density at radius 3 is 1.33 bits per heavy atom. The van der Waals surface area contributed by atoms with Gasteiger partial charge in [0.1, 0.15) is 48.2 Å². The summed E-state index contributed by atoms with van der Waals surface area (Å²) in [7, 11) is 9.79. The second-order valence-electron chi connectivity index (χ2n) is 35.2. The largest absolute Gasteiger partial charge is 0.518 e. The highest BCUT2D eigenvalue weighted by Crippen LogP contribution is 2.68. The van der Waals surface area contributed by atoms with Crippen molar-refractivity contribution in [2.75, 3.05) is 93.9 Å². The highest BCUT2D eigenvalue weighted by atomic mass is 32.2. The van der Waals surface area contributed by atoms with Crippen molar-refractivity contribution in [2.45, 2.75) is 203 Å². The zero-order valence-electron chi connectivity index (χ0n) is 73.1. The number of aliphatic hydroxyl groups is 1. The average molecular weight is 1820 g/mol. The van der Waals surface area contributed by atoms with E-state index in [0.717, 1.165) is 40.3 Å². The first kappa shape index (κ1) is 92.4. The molecule has 36 heteroatoms. The van der Waals surface area contributed by atoms with E-state index in [9.17, 15) is 39.8 Å². The molecule has 0 saturated carbocycles. The number of hydrogen-bond donors (Lipinski definition) is 5. The zero-order chi connectivity index (χ0) is 90.4. The van der Waals surface area contributed by atoms with Gasteiger partial charge >= 0.3 is 36.6 Å². The number of methoxy groups -OCH3 is 4. The van der Waals surface area contributed by atoms with Crippen molar-refractivity contribution in [1.29, 1.82) is 5.26 Å². The summed E-state index contributed by atoms with van der Waals surface area (Å²) in [5, 5.41) is 53.8. The van der Waals surface area contributed by atoms with Crippen LogP contribution in [-0.4, -0.2) is 213 Å². The molecule has 2 spiro atoms. The monoisotopic (exact) mass is 1820 g/mol. The number of thioether (sulfide) groups is 2.